The van der Waals surface area contributed by atoms with Crippen LogP contribution < -0.4 is 20.7 Å². The summed E-state index contributed by atoms with van der Waals surface area (Å²) in [6, 6.07) is 11.0. The van der Waals surface area contributed by atoms with Gasteiger partial charge in [0.15, 0.2) is 17.6 Å². The zero-order chi connectivity index (χ0) is 14.8. The number of ether oxygens (including phenoxy) is 2. The van der Waals surface area contributed by atoms with E-state index in [1.54, 1.807) is 0 Å². The molecule has 1 heterocycles. The van der Waals surface area contributed by atoms with Gasteiger partial charge in [-0.1, -0.05) is 23.7 Å². The molecule has 0 saturated heterocycles. The molecule has 3 N–H and O–H groups in total. The number of hydrogen-bond acceptors (Lipinski definition) is 4. The van der Waals surface area contributed by atoms with E-state index in [9.17, 15) is 4.39 Å². The lowest BCUT2D eigenvalue weighted by Gasteiger charge is -2.32. The molecule has 2 aromatic rings. The van der Waals surface area contributed by atoms with Gasteiger partial charge in [0.2, 0.25) is 0 Å². The highest BCUT2D eigenvalue weighted by Crippen LogP contribution is 2.35. The van der Waals surface area contributed by atoms with Gasteiger partial charge in [0.25, 0.3) is 0 Å². The Bertz CT molecular complexity index is 653. The predicted octanol–water partition coefficient (Wildman–Crippen LogP) is 2.82. The quantitative estimate of drug-likeness (QED) is 0.676. The molecule has 2 unspecified atom stereocenters. The number of nitrogens with one attached hydrogen (secondary N) is 1. The zero-order valence-corrected chi connectivity index (χ0v) is 11.8. The third kappa shape index (κ3) is 2.81. The van der Waals surface area contributed by atoms with E-state index in [2.05, 4.69) is 5.43 Å². The van der Waals surface area contributed by atoms with Crippen molar-refractivity contribution in [2.24, 2.45) is 5.84 Å². The van der Waals surface area contributed by atoms with E-state index in [1.165, 1.54) is 18.2 Å². The molecule has 110 valence electrons. The van der Waals surface area contributed by atoms with Gasteiger partial charge in [0.1, 0.15) is 12.4 Å². The second-order valence-corrected chi connectivity index (χ2v) is 5.13. The first kappa shape index (κ1) is 14.1. The lowest BCUT2D eigenvalue weighted by atomic mass is 10.0. The molecule has 0 aromatic heterocycles. The van der Waals surface area contributed by atoms with E-state index in [0.717, 1.165) is 0 Å². The normalized spacial score (nSPS) is 18.3. The first-order valence-corrected chi connectivity index (χ1v) is 6.86. The Kier molecular flexibility index (Phi) is 3.96. The molecule has 0 bridgehead atoms. The lowest BCUT2D eigenvalue weighted by Crippen LogP contribution is -2.44. The maximum absolute atomic E-state index is 13.5. The van der Waals surface area contributed by atoms with Crippen molar-refractivity contribution in [2.75, 3.05) is 6.61 Å². The third-order valence-electron chi connectivity index (χ3n) is 3.38. The maximum atomic E-state index is 13.5. The van der Waals surface area contributed by atoms with Crippen LogP contribution in [0.2, 0.25) is 5.02 Å². The minimum atomic E-state index is -0.485. The summed E-state index contributed by atoms with van der Waals surface area (Å²) in [5, 5.41) is 0.418. The van der Waals surface area contributed by atoms with Crippen molar-refractivity contribution in [3.63, 3.8) is 0 Å². The summed E-state index contributed by atoms with van der Waals surface area (Å²) in [5.74, 6) is 6.53. The molecule has 0 spiro atoms. The van der Waals surface area contributed by atoms with Gasteiger partial charge in [0, 0.05) is 5.02 Å². The van der Waals surface area contributed by atoms with E-state index in [4.69, 9.17) is 26.9 Å². The largest absolute Gasteiger partial charge is 0.486 e. The number of rotatable bonds is 3. The van der Waals surface area contributed by atoms with Crippen molar-refractivity contribution in [1.82, 2.24) is 5.43 Å². The smallest absolute Gasteiger partial charge is 0.161 e. The molecule has 21 heavy (non-hydrogen) atoms. The van der Waals surface area contributed by atoms with Crippen molar-refractivity contribution in [3.8, 4) is 11.5 Å². The number of benzene rings is 2. The molecular weight excluding hydrogens is 295 g/mol. The number of hydrazine groups is 1. The van der Waals surface area contributed by atoms with E-state index >= 15 is 0 Å². The van der Waals surface area contributed by atoms with Crippen molar-refractivity contribution < 1.29 is 13.9 Å². The van der Waals surface area contributed by atoms with Gasteiger partial charge in [-0.3, -0.25) is 5.84 Å². The molecule has 4 nitrogen and oxygen atoms in total. The summed E-state index contributed by atoms with van der Waals surface area (Å²) in [5.41, 5.74) is 3.17. The topological polar surface area (TPSA) is 56.5 Å². The number of fused-ring (bicyclic) bond motifs is 1. The van der Waals surface area contributed by atoms with Crippen molar-refractivity contribution in [3.05, 3.63) is 58.9 Å². The van der Waals surface area contributed by atoms with Crippen LogP contribution in [0.1, 0.15) is 11.6 Å². The molecular formula is C15H14ClFN2O2. The molecule has 0 fully saturated rings. The summed E-state index contributed by atoms with van der Waals surface area (Å²) in [4.78, 5) is 0. The summed E-state index contributed by atoms with van der Waals surface area (Å²) in [6.07, 6.45) is -0.413. The van der Waals surface area contributed by atoms with Crippen LogP contribution in [0.3, 0.4) is 0 Å². The predicted molar refractivity (Wildman–Crippen MR) is 77.8 cm³/mol. The van der Waals surface area contributed by atoms with Crippen LogP contribution in [-0.2, 0) is 0 Å². The van der Waals surface area contributed by atoms with E-state index in [0.29, 0.717) is 28.7 Å². The van der Waals surface area contributed by atoms with Crippen LogP contribution in [0, 0.1) is 5.82 Å². The molecule has 0 saturated carbocycles. The van der Waals surface area contributed by atoms with Gasteiger partial charge in [-0.25, -0.2) is 9.82 Å². The molecule has 1 aliphatic heterocycles. The van der Waals surface area contributed by atoms with E-state index < -0.39 is 12.1 Å². The van der Waals surface area contributed by atoms with Gasteiger partial charge < -0.3 is 9.47 Å². The second kappa shape index (κ2) is 5.89. The van der Waals surface area contributed by atoms with E-state index in [-0.39, 0.29) is 5.82 Å². The molecule has 6 heteroatoms. The highest BCUT2D eigenvalue weighted by molar-refractivity contribution is 6.31. The molecule has 2 aromatic carbocycles. The molecule has 3 rings (SSSR count). The van der Waals surface area contributed by atoms with Gasteiger partial charge in [-0.2, -0.15) is 0 Å². The average Bonchev–Trinajstić information content (AvgIpc) is 2.51. The molecule has 1 aliphatic rings. The van der Waals surface area contributed by atoms with E-state index in [1.807, 2.05) is 24.3 Å². The minimum absolute atomic E-state index is 0.290. The second-order valence-electron chi connectivity index (χ2n) is 4.72. The number of nitrogens with two attached hydrogens (primary N) is 1. The minimum Gasteiger partial charge on any atom is -0.486 e. The number of hydrogen-bond donors (Lipinski definition) is 2. The molecule has 0 aliphatic carbocycles. The average molecular weight is 309 g/mol. The Hall–Kier alpha value is -1.82. The van der Waals surface area contributed by atoms with Crippen LogP contribution in [0.5, 0.6) is 11.5 Å². The van der Waals surface area contributed by atoms with Crippen molar-refractivity contribution in [1.29, 1.82) is 0 Å². The van der Waals surface area contributed by atoms with Crippen LogP contribution in [0.4, 0.5) is 4.39 Å². The van der Waals surface area contributed by atoms with Gasteiger partial charge >= 0.3 is 0 Å². The Morgan fingerprint density at radius 2 is 2.00 bits per heavy atom. The van der Waals surface area contributed by atoms with Crippen LogP contribution in [-0.4, -0.2) is 12.7 Å². The Balaban J connectivity index is 1.90. The summed E-state index contributed by atoms with van der Waals surface area (Å²) in [7, 11) is 0. The summed E-state index contributed by atoms with van der Waals surface area (Å²) >= 11 is 6.13. The van der Waals surface area contributed by atoms with Gasteiger partial charge in [0.05, 0.1) is 6.04 Å². The number of para-hydroxylation sites is 2. The SMILES string of the molecule is NNC(c1cc(F)ccc1Cl)C1COc2ccccc2O1. The van der Waals surface area contributed by atoms with Crippen molar-refractivity contribution in [2.45, 2.75) is 12.1 Å². The zero-order valence-electron chi connectivity index (χ0n) is 11.1. The van der Waals surface area contributed by atoms with Gasteiger partial charge in [-0.15, -0.1) is 0 Å². The van der Waals surface area contributed by atoms with Crippen LogP contribution >= 0.6 is 11.6 Å². The fourth-order valence-corrected chi connectivity index (χ4v) is 2.59. The lowest BCUT2D eigenvalue weighted by molar-refractivity contribution is 0.0616. The molecule has 0 amide bonds. The van der Waals surface area contributed by atoms with Crippen molar-refractivity contribution >= 4 is 11.6 Å². The first-order chi connectivity index (χ1) is 10.2. The summed E-state index contributed by atoms with van der Waals surface area (Å²) < 4.78 is 25.0. The number of halogens is 2. The standard InChI is InChI=1S/C15H14ClFN2O2/c16-11-6-5-9(17)7-10(11)15(19-18)14-8-20-12-3-1-2-4-13(12)21-14/h1-7,14-15,19H,8,18H2. The third-order valence-corrected chi connectivity index (χ3v) is 3.72. The Labute approximate surface area is 126 Å². The Morgan fingerprint density at radius 1 is 1.24 bits per heavy atom. The monoisotopic (exact) mass is 308 g/mol. The molecule has 0 radical (unpaired) electrons. The summed E-state index contributed by atoms with van der Waals surface area (Å²) in [6.45, 7) is 0.290. The fraction of sp³-hybridized carbons (Fsp3) is 0.200. The van der Waals surface area contributed by atoms with Crippen LogP contribution in [0.15, 0.2) is 42.5 Å². The molecule has 2 atom stereocenters. The maximum Gasteiger partial charge on any atom is 0.161 e. The first-order valence-electron chi connectivity index (χ1n) is 6.48. The Morgan fingerprint density at radius 3 is 2.76 bits per heavy atom. The highest BCUT2D eigenvalue weighted by atomic mass is 35.5. The van der Waals surface area contributed by atoms with Gasteiger partial charge in [-0.05, 0) is 35.9 Å². The van der Waals surface area contributed by atoms with Crippen LogP contribution in [0.25, 0.3) is 0 Å². The fourth-order valence-electron chi connectivity index (χ4n) is 2.35. The highest BCUT2D eigenvalue weighted by Gasteiger charge is 2.30.